The minimum absolute atomic E-state index is 0.169. The number of nitrogens with zero attached hydrogens (tertiary/aromatic N) is 2. The fourth-order valence-electron chi connectivity index (χ4n) is 3.76. The van der Waals surface area contributed by atoms with Gasteiger partial charge in [-0.05, 0) is 53.9 Å². The first-order valence-electron chi connectivity index (χ1n) is 9.12. The van der Waals surface area contributed by atoms with E-state index in [1.54, 1.807) is 0 Å². The van der Waals surface area contributed by atoms with Crippen LogP contribution >= 0.6 is 15.9 Å². The van der Waals surface area contributed by atoms with Crippen molar-refractivity contribution in [3.05, 3.63) is 58.1 Å². The number of benzene rings is 2. The van der Waals surface area contributed by atoms with Crippen LogP contribution in [0, 0.1) is 0 Å². The van der Waals surface area contributed by atoms with Crippen molar-refractivity contribution in [3.8, 4) is 5.75 Å². The van der Waals surface area contributed by atoms with Gasteiger partial charge >= 0.3 is 0 Å². The summed E-state index contributed by atoms with van der Waals surface area (Å²) in [6.07, 6.45) is 3.17. The third-order valence-electron chi connectivity index (χ3n) is 5.26. The Morgan fingerprint density at radius 1 is 1.07 bits per heavy atom. The summed E-state index contributed by atoms with van der Waals surface area (Å²) < 4.78 is 32.4. The Morgan fingerprint density at radius 3 is 2.59 bits per heavy atom. The van der Waals surface area contributed by atoms with Crippen LogP contribution in [0.3, 0.4) is 0 Å². The molecule has 0 radical (unpaired) electrons. The first-order chi connectivity index (χ1) is 12.9. The molecule has 0 aliphatic carbocycles. The van der Waals surface area contributed by atoms with E-state index in [2.05, 4.69) is 51.2 Å². The molecule has 4 rings (SSSR count). The maximum Gasteiger partial charge on any atom is 0.211 e. The Morgan fingerprint density at radius 2 is 1.85 bits per heavy atom. The Kier molecular flexibility index (Phi) is 5.18. The van der Waals surface area contributed by atoms with Crippen molar-refractivity contribution < 1.29 is 13.2 Å². The number of halogens is 1. The van der Waals surface area contributed by atoms with Gasteiger partial charge in [0.2, 0.25) is 10.0 Å². The van der Waals surface area contributed by atoms with E-state index < -0.39 is 10.0 Å². The lowest BCUT2D eigenvalue weighted by Crippen LogP contribution is -2.35. The molecule has 5 nitrogen and oxygen atoms in total. The van der Waals surface area contributed by atoms with Crippen LogP contribution in [0.5, 0.6) is 5.75 Å². The van der Waals surface area contributed by atoms with E-state index in [-0.39, 0.29) is 6.10 Å². The SMILES string of the molecule is CS(=O)(=O)N1CCc2cc(OC3CCN(c4ccc(Br)cc4)C3)ccc2C1. The summed E-state index contributed by atoms with van der Waals surface area (Å²) in [7, 11) is -3.14. The summed E-state index contributed by atoms with van der Waals surface area (Å²) in [5.41, 5.74) is 3.48. The smallest absolute Gasteiger partial charge is 0.211 e. The molecular weight excluding hydrogens is 428 g/mol. The Hall–Kier alpha value is -1.57. The van der Waals surface area contributed by atoms with E-state index in [0.29, 0.717) is 13.1 Å². The number of anilines is 1. The molecular formula is C20H23BrN2O3S. The van der Waals surface area contributed by atoms with E-state index in [0.717, 1.165) is 41.7 Å². The van der Waals surface area contributed by atoms with Gasteiger partial charge in [-0.3, -0.25) is 0 Å². The van der Waals surface area contributed by atoms with E-state index in [4.69, 9.17) is 4.74 Å². The first kappa shape index (κ1) is 18.8. The zero-order valence-electron chi connectivity index (χ0n) is 15.3. The Labute approximate surface area is 169 Å². The zero-order chi connectivity index (χ0) is 19.0. The molecule has 2 aliphatic rings. The van der Waals surface area contributed by atoms with Gasteiger partial charge in [-0.15, -0.1) is 0 Å². The first-order valence-corrected chi connectivity index (χ1v) is 11.8. The summed E-state index contributed by atoms with van der Waals surface area (Å²) >= 11 is 3.48. The molecule has 0 amide bonds. The van der Waals surface area contributed by atoms with Gasteiger partial charge in [0, 0.05) is 36.2 Å². The number of hydrogen-bond donors (Lipinski definition) is 0. The summed E-state index contributed by atoms with van der Waals surface area (Å²) in [5.74, 6) is 0.879. The van der Waals surface area contributed by atoms with Gasteiger partial charge in [0.05, 0.1) is 12.8 Å². The van der Waals surface area contributed by atoms with Gasteiger partial charge in [0.1, 0.15) is 11.9 Å². The van der Waals surface area contributed by atoms with Crippen molar-refractivity contribution in [2.75, 3.05) is 30.8 Å². The molecule has 1 saturated heterocycles. The number of sulfonamides is 1. The fraction of sp³-hybridized carbons (Fsp3) is 0.400. The van der Waals surface area contributed by atoms with Crippen LogP contribution in [0.15, 0.2) is 46.9 Å². The molecule has 0 bridgehead atoms. The molecule has 2 aliphatic heterocycles. The van der Waals surface area contributed by atoms with Crippen molar-refractivity contribution in [2.24, 2.45) is 0 Å². The highest BCUT2D eigenvalue weighted by Gasteiger charge is 2.26. The lowest BCUT2D eigenvalue weighted by Gasteiger charge is -2.27. The van der Waals surface area contributed by atoms with Gasteiger partial charge in [-0.1, -0.05) is 22.0 Å². The minimum Gasteiger partial charge on any atom is -0.489 e. The summed E-state index contributed by atoms with van der Waals surface area (Å²) in [5, 5.41) is 0. The van der Waals surface area contributed by atoms with Gasteiger partial charge in [0.15, 0.2) is 0 Å². The monoisotopic (exact) mass is 450 g/mol. The summed E-state index contributed by atoms with van der Waals surface area (Å²) in [4.78, 5) is 2.35. The van der Waals surface area contributed by atoms with E-state index in [1.807, 2.05) is 12.1 Å². The van der Waals surface area contributed by atoms with Crippen LogP contribution in [-0.2, 0) is 23.0 Å². The second-order valence-electron chi connectivity index (χ2n) is 7.23. The molecule has 7 heteroatoms. The Bertz CT molecular complexity index is 931. The highest BCUT2D eigenvalue weighted by Crippen LogP contribution is 2.28. The van der Waals surface area contributed by atoms with Crippen LogP contribution < -0.4 is 9.64 Å². The standard InChI is InChI=1S/C20H23BrN2O3S/c1-27(24,25)23-11-8-15-12-19(7-2-16(15)13-23)26-20-9-10-22(14-20)18-5-3-17(21)4-6-18/h2-7,12,20H,8-11,13-14H2,1H3. The second kappa shape index (κ2) is 7.45. The van der Waals surface area contributed by atoms with Crippen molar-refractivity contribution >= 4 is 31.6 Å². The van der Waals surface area contributed by atoms with Crippen molar-refractivity contribution in [1.29, 1.82) is 0 Å². The van der Waals surface area contributed by atoms with Crippen LogP contribution in [0.25, 0.3) is 0 Å². The third-order valence-corrected chi connectivity index (χ3v) is 7.04. The highest BCUT2D eigenvalue weighted by atomic mass is 79.9. The van der Waals surface area contributed by atoms with Crippen LogP contribution in [0.2, 0.25) is 0 Å². The number of fused-ring (bicyclic) bond motifs is 1. The average Bonchev–Trinajstić information content (AvgIpc) is 3.09. The molecule has 27 heavy (non-hydrogen) atoms. The zero-order valence-corrected chi connectivity index (χ0v) is 17.7. The van der Waals surface area contributed by atoms with Gasteiger partial charge in [-0.2, -0.15) is 4.31 Å². The minimum atomic E-state index is -3.14. The lowest BCUT2D eigenvalue weighted by atomic mass is 10.0. The maximum absolute atomic E-state index is 11.8. The normalized spacial score (nSPS) is 20.5. The van der Waals surface area contributed by atoms with Crippen LogP contribution in [0.1, 0.15) is 17.5 Å². The van der Waals surface area contributed by atoms with E-state index >= 15 is 0 Å². The molecule has 1 fully saturated rings. The molecule has 2 heterocycles. The van der Waals surface area contributed by atoms with Gasteiger partial charge < -0.3 is 9.64 Å². The fourth-order valence-corrected chi connectivity index (χ4v) is 4.82. The highest BCUT2D eigenvalue weighted by molar-refractivity contribution is 9.10. The van der Waals surface area contributed by atoms with Crippen molar-refractivity contribution in [3.63, 3.8) is 0 Å². The van der Waals surface area contributed by atoms with E-state index in [9.17, 15) is 8.42 Å². The molecule has 0 aromatic heterocycles. The Balaban J connectivity index is 1.40. The molecule has 2 aromatic carbocycles. The van der Waals surface area contributed by atoms with Crippen molar-refractivity contribution in [1.82, 2.24) is 4.31 Å². The lowest BCUT2D eigenvalue weighted by molar-refractivity contribution is 0.224. The van der Waals surface area contributed by atoms with Gasteiger partial charge in [0.25, 0.3) is 0 Å². The molecule has 1 unspecified atom stereocenters. The van der Waals surface area contributed by atoms with Crippen LogP contribution in [0.4, 0.5) is 5.69 Å². The molecule has 2 aromatic rings. The molecule has 0 N–H and O–H groups in total. The molecule has 1 atom stereocenters. The summed E-state index contributed by atoms with van der Waals surface area (Å²) in [6, 6.07) is 14.4. The number of rotatable bonds is 4. The van der Waals surface area contributed by atoms with Gasteiger partial charge in [-0.25, -0.2) is 8.42 Å². The van der Waals surface area contributed by atoms with E-state index in [1.165, 1.54) is 21.8 Å². The quantitative estimate of drug-likeness (QED) is 0.715. The average molecular weight is 451 g/mol. The number of hydrogen-bond acceptors (Lipinski definition) is 4. The molecule has 144 valence electrons. The molecule has 0 spiro atoms. The number of ether oxygens (including phenoxy) is 1. The largest absolute Gasteiger partial charge is 0.489 e. The predicted octanol–water partition coefficient (Wildman–Crippen LogP) is 3.42. The predicted molar refractivity (Wildman–Crippen MR) is 111 cm³/mol. The third kappa shape index (κ3) is 4.31. The van der Waals surface area contributed by atoms with Crippen LogP contribution in [-0.4, -0.2) is 44.7 Å². The topological polar surface area (TPSA) is 49.9 Å². The molecule has 0 saturated carbocycles. The summed E-state index contributed by atoms with van der Waals surface area (Å²) in [6.45, 7) is 2.85. The maximum atomic E-state index is 11.8. The second-order valence-corrected chi connectivity index (χ2v) is 10.1. The van der Waals surface area contributed by atoms with Crippen molar-refractivity contribution in [2.45, 2.75) is 25.5 Å².